The average molecular weight is 1380 g/mol. The summed E-state index contributed by atoms with van der Waals surface area (Å²) in [5.74, 6) is 0.217. The maximum Gasteiger partial charge on any atom is 0.472 e. The van der Waals surface area contributed by atoms with E-state index in [4.69, 9.17) is 37.0 Å². The van der Waals surface area contributed by atoms with Gasteiger partial charge in [0.1, 0.15) is 19.3 Å². The van der Waals surface area contributed by atoms with Crippen LogP contribution < -0.4 is 0 Å². The molecular weight excluding hydrogens is 1230 g/mol. The molecule has 0 aromatic heterocycles. The summed E-state index contributed by atoms with van der Waals surface area (Å²) in [7, 11) is -9.91. The molecule has 17 nitrogen and oxygen atoms in total. The zero-order valence-electron chi connectivity index (χ0n) is 61.4. The van der Waals surface area contributed by atoms with Crippen LogP contribution in [0.3, 0.4) is 0 Å². The van der Waals surface area contributed by atoms with Crippen molar-refractivity contribution in [3.63, 3.8) is 0 Å². The highest BCUT2D eigenvalue weighted by Gasteiger charge is 2.30. The summed E-state index contributed by atoms with van der Waals surface area (Å²) in [6.07, 6.45) is 51.2. The van der Waals surface area contributed by atoms with Crippen LogP contribution in [0.2, 0.25) is 0 Å². The monoisotopic (exact) mass is 1380 g/mol. The van der Waals surface area contributed by atoms with Gasteiger partial charge < -0.3 is 33.8 Å². The van der Waals surface area contributed by atoms with Crippen molar-refractivity contribution >= 4 is 39.5 Å². The lowest BCUT2D eigenvalue weighted by molar-refractivity contribution is -0.161. The molecule has 3 N–H and O–H groups in total. The van der Waals surface area contributed by atoms with Crippen molar-refractivity contribution in [1.29, 1.82) is 0 Å². The van der Waals surface area contributed by atoms with Gasteiger partial charge in [-0.3, -0.25) is 37.3 Å². The van der Waals surface area contributed by atoms with E-state index in [1.54, 1.807) is 0 Å². The number of aliphatic hydroxyl groups is 1. The molecule has 0 radical (unpaired) electrons. The Morgan fingerprint density at radius 2 is 0.543 bits per heavy atom. The fraction of sp³-hybridized carbons (Fsp3) is 0.947. The number of esters is 4. The number of carbonyl (C=O) groups excluding carboxylic acids is 4. The molecule has 6 atom stereocenters. The first-order valence-electron chi connectivity index (χ1n) is 38.9. The van der Waals surface area contributed by atoms with E-state index in [9.17, 15) is 43.2 Å². The number of ether oxygens (including phenoxy) is 4. The fourth-order valence-electron chi connectivity index (χ4n) is 11.4. The molecule has 0 amide bonds. The van der Waals surface area contributed by atoms with Crippen molar-refractivity contribution in [2.75, 3.05) is 39.6 Å². The van der Waals surface area contributed by atoms with Crippen molar-refractivity contribution < 1.29 is 80.2 Å². The summed E-state index contributed by atoms with van der Waals surface area (Å²) >= 11 is 0. The minimum atomic E-state index is -4.96. The first kappa shape index (κ1) is 92.1. The van der Waals surface area contributed by atoms with Gasteiger partial charge in [0, 0.05) is 25.7 Å². The third-order valence-electron chi connectivity index (χ3n) is 17.7. The fourth-order valence-corrected chi connectivity index (χ4v) is 13.0. The van der Waals surface area contributed by atoms with E-state index in [0.717, 1.165) is 108 Å². The normalized spacial score (nSPS) is 14.4. The lowest BCUT2D eigenvalue weighted by atomic mass is 9.99. The van der Waals surface area contributed by atoms with Gasteiger partial charge in [-0.2, -0.15) is 0 Å². The van der Waals surface area contributed by atoms with Crippen LogP contribution in [0.1, 0.15) is 382 Å². The number of hydrogen-bond donors (Lipinski definition) is 3. The molecule has 0 heterocycles. The van der Waals surface area contributed by atoms with Crippen molar-refractivity contribution in [3.05, 3.63) is 0 Å². The smallest absolute Gasteiger partial charge is 0.462 e. The molecule has 0 spiro atoms. The van der Waals surface area contributed by atoms with Gasteiger partial charge in [0.15, 0.2) is 12.2 Å². The molecule has 0 aliphatic heterocycles. The molecule has 3 unspecified atom stereocenters. The van der Waals surface area contributed by atoms with Gasteiger partial charge in [-0.05, 0) is 43.4 Å². The number of rotatable bonds is 73. The Bertz CT molecular complexity index is 1840. The highest BCUT2D eigenvalue weighted by molar-refractivity contribution is 7.47. The van der Waals surface area contributed by atoms with Gasteiger partial charge in [-0.25, -0.2) is 9.13 Å². The molecule has 0 aromatic rings. The molecule has 0 fully saturated rings. The second-order valence-electron chi connectivity index (χ2n) is 28.2. The minimum Gasteiger partial charge on any atom is -0.462 e. The van der Waals surface area contributed by atoms with Gasteiger partial charge in [0.25, 0.3) is 0 Å². The Hall–Kier alpha value is -1.94. The lowest BCUT2D eigenvalue weighted by Gasteiger charge is -2.21. The van der Waals surface area contributed by atoms with Gasteiger partial charge >= 0.3 is 39.5 Å². The lowest BCUT2D eigenvalue weighted by Crippen LogP contribution is -2.30. The van der Waals surface area contributed by atoms with Crippen LogP contribution in [-0.2, 0) is 65.4 Å². The summed E-state index contributed by atoms with van der Waals surface area (Å²) in [6.45, 7) is 11.9. The highest BCUT2D eigenvalue weighted by atomic mass is 31.2. The SMILES string of the molecule is CCCCCCCCCCCCCC(=O)OC[C@H](COP(=O)(O)OC[C@H](O)COP(=O)(O)OC[C@@H](COC(=O)CCCCCCCCCCCCCC(C)C)OC(=O)CCCCCCCCCCCCCCCCC(C)C)OC(=O)CCCCCCCCCCC(C)CC. The minimum absolute atomic E-state index is 0.105. The van der Waals surface area contributed by atoms with E-state index in [1.807, 2.05) is 0 Å². The summed E-state index contributed by atoms with van der Waals surface area (Å²) < 4.78 is 68.5. The summed E-state index contributed by atoms with van der Waals surface area (Å²) in [6, 6.07) is 0. The second kappa shape index (κ2) is 65.7. The van der Waals surface area contributed by atoms with Crippen LogP contribution in [0.25, 0.3) is 0 Å². The number of phosphoric acid groups is 2. The van der Waals surface area contributed by atoms with Crippen LogP contribution in [0.5, 0.6) is 0 Å². The number of hydrogen-bond acceptors (Lipinski definition) is 15. The van der Waals surface area contributed by atoms with Crippen LogP contribution >= 0.6 is 15.6 Å². The van der Waals surface area contributed by atoms with Crippen LogP contribution in [0.15, 0.2) is 0 Å². The molecule has 0 aromatic carbocycles. The van der Waals surface area contributed by atoms with E-state index in [1.165, 1.54) is 193 Å². The zero-order valence-corrected chi connectivity index (χ0v) is 63.2. The van der Waals surface area contributed by atoms with Crippen LogP contribution in [-0.4, -0.2) is 96.7 Å². The summed E-state index contributed by atoms with van der Waals surface area (Å²) in [4.78, 5) is 72.8. The molecule has 0 aliphatic carbocycles. The Labute approximate surface area is 575 Å². The number of phosphoric ester groups is 2. The standard InChI is InChI=1S/C75H146O17P2/c1-8-10-11-12-13-14-20-27-35-42-49-56-72(77)85-63-71(92-75(80)59-52-45-38-31-30-34-41-48-55-68(7)9-2)65-90-94(83,84)88-61-69(76)60-87-93(81,82)89-64-70(62-86-73(78)57-50-43-36-28-24-19-22-26-33-40-47-54-67(5)6)91-74(79)58-51-44-37-29-23-18-16-15-17-21-25-32-39-46-53-66(3)4/h66-71,76H,8-65H2,1-7H3,(H,81,82)(H,83,84)/t68?,69-,70-,71-/m1/s1. The van der Waals surface area contributed by atoms with Crippen LogP contribution in [0.4, 0.5) is 0 Å². The first-order valence-corrected chi connectivity index (χ1v) is 41.9. The predicted molar refractivity (Wildman–Crippen MR) is 381 cm³/mol. The quantitative estimate of drug-likeness (QED) is 0.0222. The Balaban J connectivity index is 5.26. The molecular formula is C75H146O17P2. The Morgan fingerprint density at radius 1 is 0.309 bits per heavy atom. The van der Waals surface area contributed by atoms with Crippen molar-refractivity contribution in [3.8, 4) is 0 Å². The van der Waals surface area contributed by atoms with Crippen LogP contribution in [0, 0.1) is 17.8 Å². The van der Waals surface area contributed by atoms with Gasteiger partial charge in [0.05, 0.1) is 26.4 Å². The zero-order chi connectivity index (χ0) is 69.4. The topological polar surface area (TPSA) is 237 Å². The van der Waals surface area contributed by atoms with Gasteiger partial charge in [-0.15, -0.1) is 0 Å². The van der Waals surface area contributed by atoms with E-state index in [0.29, 0.717) is 25.7 Å². The molecule has 0 aliphatic rings. The maximum atomic E-state index is 13.1. The van der Waals surface area contributed by atoms with E-state index in [-0.39, 0.29) is 25.7 Å². The third-order valence-corrected chi connectivity index (χ3v) is 19.6. The molecule has 558 valence electrons. The number of unbranched alkanes of at least 4 members (excludes halogenated alkanes) is 40. The van der Waals surface area contributed by atoms with Crippen molar-refractivity contribution in [2.24, 2.45) is 17.8 Å². The first-order chi connectivity index (χ1) is 45.3. The molecule has 0 saturated heterocycles. The van der Waals surface area contributed by atoms with Gasteiger partial charge in [0.2, 0.25) is 0 Å². The molecule has 19 heteroatoms. The van der Waals surface area contributed by atoms with E-state index >= 15 is 0 Å². The Morgan fingerprint density at radius 3 is 0.809 bits per heavy atom. The van der Waals surface area contributed by atoms with Crippen molar-refractivity contribution in [1.82, 2.24) is 0 Å². The molecule has 0 bridgehead atoms. The molecule has 94 heavy (non-hydrogen) atoms. The Kier molecular flexibility index (Phi) is 64.3. The number of aliphatic hydroxyl groups excluding tert-OH is 1. The second-order valence-corrected chi connectivity index (χ2v) is 31.1. The summed E-state index contributed by atoms with van der Waals surface area (Å²) in [5, 5.41) is 10.6. The third kappa shape index (κ3) is 67.3. The van der Waals surface area contributed by atoms with Crippen molar-refractivity contribution in [2.45, 2.75) is 401 Å². The molecule has 0 rings (SSSR count). The predicted octanol–water partition coefficient (Wildman–Crippen LogP) is 21.8. The average Bonchev–Trinajstić information content (AvgIpc) is 1.49. The van der Waals surface area contributed by atoms with E-state index in [2.05, 4.69) is 48.5 Å². The summed E-state index contributed by atoms with van der Waals surface area (Å²) in [5.41, 5.74) is 0. The maximum absolute atomic E-state index is 13.1. The number of carbonyl (C=O) groups is 4. The largest absolute Gasteiger partial charge is 0.472 e. The van der Waals surface area contributed by atoms with E-state index < -0.39 is 97.5 Å². The highest BCUT2D eigenvalue weighted by Crippen LogP contribution is 2.45. The van der Waals surface area contributed by atoms with Gasteiger partial charge in [-0.1, -0.05) is 331 Å². The molecule has 0 saturated carbocycles.